The van der Waals surface area contributed by atoms with E-state index >= 15 is 43.2 Å². The van der Waals surface area contributed by atoms with E-state index in [1.54, 1.807) is 88.5 Å². The summed E-state index contributed by atoms with van der Waals surface area (Å²) in [6.45, 7) is 8.27. The van der Waals surface area contributed by atoms with Gasteiger partial charge in [0.15, 0.2) is 0 Å². The number of halogens is 1. The van der Waals surface area contributed by atoms with Crippen molar-refractivity contribution in [1.29, 1.82) is 0 Å². The van der Waals surface area contributed by atoms with Crippen molar-refractivity contribution >= 4 is 112 Å². The number of fused-ring (bicyclic) bond motifs is 3. The number of carboxylic acids is 1. The zero-order valence-electron chi connectivity index (χ0n) is 71.6. The summed E-state index contributed by atoms with van der Waals surface area (Å²) < 4.78 is 14.5. The zero-order chi connectivity index (χ0) is 90.9. The smallest absolute Gasteiger partial charge is 0.305 e. The molecule has 13 amide bonds. The number of para-hydroxylation sites is 1. The third-order valence-corrected chi connectivity index (χ3v) is 24.0. The summed E-state index contributed by atoms with van der Waals surface area (Å²) in [5, 5.41) is 53.5. The van der Waals surface area contributed by atoms with Crippen LogP contribution >= 0.6 is 11.8 Å². The molecule has 3 aliphatic heterocycles. The molecular weight excluding hydrogens is 1630 g/mol. The first-order chi connectivity index (χ1) is 59.7. The number of nitrogens with zero attached hydrogens (tertiary/aromatic N) is 5. The van der Waals surface area contributed by atoms with E-state index in [0.29, 0.717) is 57.8 Å². The quantitative estimate of drug-likeness (QED) is 0.0460. The van der Waals surface area contributed by atoms with Gasteiger partial charge in [0, 0.05) is 89.2 Å². The number of amides is 13. The normalized spacial score (nSPS) is 24.4. The second kappa shape index (κ2) is 45.9. The number of hydrogen-bond acceptors (Lipinski definition) is 19. The van der Waals surface area contributed by atoms with Gasteiger partial charge in [0.1, 0.15) is 96.1 Å². The number of aromatic amines is 1. The molecule has 0 aliphatic carbocycles. The number of thioether (sulfide) groups is 1. The summed E-state index contributed by atoms with van der Waals surface area (Å²) in [4.78, 5) is 231. The monoisotopic (exact) mass is 1750 g/mol. The number of phenols is 2. The highest BCUT2D eigenvalue weighted by Gasteiger charge is 2.46. The summed E-state index contributed by atoms with van der Waals surface area (Å²) in [5.41, 5.74) is 9.06. The topological polar surface area (TPSA) is 471 Å². The maximum atomic E-state index is 15.6. The number of nitrogens with one attached hydrogen (secondary N) is 9. The molecule has 0 saturated carbocycles. The minimum atomic E-state index is -1.87. The van der Waals surface area contributed by atoms with E-state index in [-0.39, 0.29) is 114 Å². The van der Waals surface area contributed by atoms with Crippen LogP contribution in [0.1, 0.15) is 127 Å². The Kier molecular flexibility index (Phi) is 35.5. The van der Waals surface area contributed by atoms with Gasteiger partial charge in [-0.1, -0.05) is 132 Å². The number of unbranched alkanes of at least 4 members (excludes halogenated alkanes) is 1. The predicted octanol–water partition coefficient (Wildman–Crippen LogP) is 3.23. The predicted molar refractivity (Wildman–Crippen MR) is 464 cm³/mol. The molecule has 13 atom stereocenters. The van der Waals surface area contributed by atoms with E-state index in [2.05, 4.69) is 47.5 Å². The molecule has 9 rings (SSSR count). The van der Waals surface area contributed by atoms with Crippen molar-refractivity contribution in [2.75, 3.05) is 52.3 Å². The van der Waals surface area contributed by atoms with Gasteiger partial charge < -0.3 is 97.9 Å². The van der Waals surface area contributed by atoms with Crippen molar-refractivity contribution in [3.8, 4) is 11.5 Å². The number of aromatic nitrogens is 1. The lowest BCUT2D eigenvalue weighted by Crippen LogP contribution is -2.62. The fourth-order valence-corrected chi connectivity index (χ4v) is 16.9. The number of aliphatic carboxylic acids is 1. The lowest BCUT2D eigenvalue weighted by Gasteiger charge is -2.38. The standard InChI is InChI=1S/C90H116FN15O18S/c1-9-10-24-73-89(123)106-41-18-26-72(106)84(118)99-68(47-76(111)112)82(116)101-77(52(2)3)90(124)104(8)78(53(4)5)85(119)100-70(44-57-31-37-62(109)38-32-57)87(121)105-40-17-25-71(105)83(117)98-67(46-58-48-93-64-22-15-14-21-63(58)64)81(115)97-66(42-56-29-35-61(108)36-30-56)80(114)96-65(23-16-39-92)79(113)94-60(49-107)50-125-51-75(110)95-69(43-55-27-33-59(91)34-28-55)86(120)103(7)74(88(122)102(73)6)45-54-19-12-11-13-20-54/h11-15,19-22,27-38,48-49,52-53,60,65-74,77-78,93,108-109H,9-10,16-18,23-26,39-47,50-51,92H2,1-8H3,(H,94,113)(H,95,110)(H,96,114)(H,97,115)(H,98,117)(H,99,118)(H,100,119)(H,101,116)(H,111,112)/t60-,65+,66+,67+,68+,69+,70+,71-,72-,73+,74+,77+,78+/m1/s1. The highest BCUT2D eigenvalue weighted by atomic mass is 32.2. The van der Waals surface area contributed by atoms with E-state index in [9.17, 15) is 48.5 Å². The second-order valence-corrected chi connectivity index (χ2v) is 33.9. The average molecular weight is 1750 g/mol. The summed E-state index contributed by atoms with van der Waals surface area (Å²) in [6.07, 6.45) is 1.59. The van der Waals surface area contributed by atoms with Crippen LogP contribution in [-0.2, 0) is 104 Å². The first-order valence-corrected chi connectivity index (χ1v) is 43.5. The minimum absolute atomic E-state index is 0.0191. The Morgan fingerprint density at radius 2 is 1.00 bits per heavy atom. The number of aldehydes is 1. The van der Waals surface area contributed by atoms with Crippen molar-refractivity contribution in [2.45, 2.75) is 209 Å². The SMILES string of the molecule is CCCC[C@H]1C(=O)N2CCC[C@@H]2C(=O)N[C@@H](CC(=O)O)C(=O)N[C@@H](C(C)C)C(=O)N(C)[C@@H](C(C)C)C(=O)N[C@@H](Cc2ccc(O)cc2)C(=O)N2CCC[C@@H]2C(=O)N[C@@H](Cc2c[nH]c3ccccc23)C(=O)N[C@@H](Cc2ccc(O)cc2)C(=O)N[C@@H](CCCN)C(=O)N[C@H](C=O)CSCC(=O)N[C@@H](Cc2ccc(F)cc2)C(=O)N(C)[C@@H](Cc2ccccc2)C(=O)N1C. The molecule has 0 radical (unpaired) electrons. The van der Waals surface area contributed by atoms with Crippen LogP contribution < -0.4 is 48.3 Å². The Labute approximate surface area is 729 Å². The molecule has 125 heavy (non-hydrogen) atoms. The van der Waals surface area contributed by atoms with Crippen LogP contribution in [0.25, 0.3) is 10.9 Å². The van der Waals surface area contributed by atoms with Crippen LogP contribution in [-0.4, -0.2) is 265 Å². The molecule has 6 aromatic rings. The number of likely N-dealkylation sites (N-methyl/N-ethyl adjacent to an activating group) is 3. The van der Waals surface area contributed by atoms with E-state index in [4.69, 9.17) is 5.73 Å². The van der Waals surface area contributed by atoms with E-state index < -0.39 is 191 Å². The molecule has 3 fully saturated rings. The maximum absolute atomic E-state index is 15.6. The molecule has 3 aliphatic rings. The van der Waals surface area contributed by atoms with E-state index in [1.807, 2.05) is 6.92 Å². The van der Waals surface area contributed by atoms with Gasteiger partial charge in [0.05, 0.1) is 18.2 Å². The van der Waals surface area contributed by atoms with Gasteiger partial charge in [-0.15, -0.1) is 11.8 Å². The van der Waals surface area contributed by atoms with Gasteiger partial charge >= 0.3 is 5.97 Å². The second-order valence-electron chi connectivity index (χ2n) is 32.9. The molecule has 672 valence electrons. The van der Waals surface area contributed by atoms with Gasteiger partial charge in [-0.25, -0.2) is 4.39 Å². The van der Waals surface area contributed by atoms with E-state index in [1.165, 1.54) is 96.5 Å². The summed E-state index contributed by atoms with van der Waals surface area (Å²) in [5.74, 6) is -15.5. The molecule has 5 aromatic carbocycles. The van der Waals surface area contributed by atoms with Crippen LogP contribution in [0.5, 0.6) is 11.5 Å². The third kappa shape index (κ3) is 26.4. The van der Waals surface area contributed by atoms with E-state index in [0.717, 1.165) is 33.7 Å². The Morgan fingerprint density at radius 3 is 1.57 bits per heavy atom. The van der Waals surface area contributed by atoms with Crippen molar-refractivity contribution in [2.24, 2.45) is 17.6 Å². The largest absolute Gasteiger partial charge is 0.508 e. The number of nitrogens with two attached hydrogens (primary N) is 1. The van der Waals surface area contributed by atoms with Crippen LogP contribution in [0, 0.1) is 17.7 Å². The Hall–Kier alpha value is -12.3. The number of rotatable bonds is 21. The van der Waals surface area contributed by atoms with Gasteiger partial charge in [-0.3, -0.25) is 67.1 Å². The Balaban J connectivity index is 1.09. The van der Waals surface area contributed by atoms with Crippen LogP contribution in [0.3, 0.4) is 0 Å². The molecule has 0 bridgehead atoms. The molecule has 0 unspecified atom stereocenters. The zero-order valence-corrected chi connectivity index (χ0v) is 72.5. The number of H-pyrrole nitrogens is 1. The van der Waals surface area contributed by atoms with Crippen LogP contribution in [0.4, 0.5) is 4.39 Å². The Morgan fingerprint density at radius 1 is 0.504 bits per heavy atom. The highest BCUT2D eigenvalue weighted by Crippen LogP contribution is 2.28. The lowest BCUT2D eigenvalue weighted by atomic mass is 9.96. The molecule has 14 N–H and O–H groups in total. The summed E-state index contributed by atoms with van der Waals surface area (Å²) in [7, 11) is 4.05. The molecule has 3 saturated heterocycles. The molecular formula is C90H116FN15O18S. The summed E-state index contributed by atoms with van der Waals surface area (Å²) >= 11 is 0.885. The first kappa shape index (κ1) is 96.5. The average Bonchev–Trinajstić information content (AvgIpc) is 1.72. The number of phenolic OH excluding ortho intramolecular Hbond substituents is 2. The molecule has 33 nitrogen and oxygen atoms in total. The number of hydrogen-bond donors (Lipinski definition) is 13. The number of benzene rings is 5. The fraction of sp³-hybridized carbons (Fsp3) is 0.478. The van der Waals surface area contributed by atoms with Gasteiger partial charge in [0.2, 0.25) is 76.8 Å². The van der Waals surface area contributed by atoms with Crippen molar-refractivity contribution in [1.82, 2.24) is 72.0 Å². The number of carboxylic acid groups (broad SMARTS) is 1. The van der Waals surface area contributed by atoms with Gasteiger partial charge in [-0.2, -0.15) is 0 Å². The minimum Gasteiger partial charge on any atom is -0.508 e. The molecule has 4 heterocycles. The number of carbonyl (C=O) groups is 15. The van der Waals surface area contributed by atoms with Crippen LogP contribution in [0.15, 0.2) is 134 Å². The van der Waals surface area contributed by atoms with Crippen LogP contribution in [0.2, 0.25) is 0 Å². The first-order valence-electron chi connectivity index (χ1n) is 42.4. The molecule has 1 aromatic heterocycles. The molecule has 35 heteroatoms. The lowest BCUT2D eigenvalue weighted by molar-refractivity contribution is -0.152. The van der Waals surface area contributed by atoms with Crippen molar-refractivity contribution in [3.05, 3.63) is 167 Å². The summed E-state index contributed by atoms with van der Waals surface area (Å²) in [6, 6.07) is 13.6. The van der Waals surface area contributed by atoms with Crippen molar-refractivity contribution < 1.29 is 91.6 Å². The number of aromatic hydroxyl groups is 2. The fourth-order valence-electron chi connectivity index (χ4n) is 16.1. The molecule has 0 spiro atoms. The third-order valence-electron chi connectivity index (χ3n) is 23.0. The Bertz CT molecular complexity index is 4790. The van der Waals surface area contributed by atoms with Gasteiger partial charge in [0.25, 0.3) is 0 Å². The number of carbonyl (C=O) groups excluding carboxylic acids is 14. The highest BCUT2D eigenvalue weighted by molar-refractivity contribution is 8.00. The van der Waals surface area contributed by atoms with Gasteiger partial charge in [-0.05, 0) is 134 Å². The van der Waals surface area contributed by atoms with Crippen molar-refractivity contribution in [3.63, 3.8) is 0 Å². The maximum Gasteiger partial charge on any atom is 0.305 e.